The second-order valence-corrected chi connectivity index (χ2v) is 5.79. The van der Waals surface area contributed by atoms with E-state index in [-0.39, 0.29) is 12.5 Å². The van der Waals surface area contributed by atoms with Gasteiger partial charge in [-0.15, -0.1) is 11.8 Å². The lowest BCUT2D eigenvalue weighted by Gasteiger charge is -2.22. The van der Waals surface area contributed by atoms with Crippen LogP contribution in [0.5, 0.6) is 0 Å². The number of hydrogen-bond acceptors (Lipinski definition) is 6. The first-order valence-electron chi connectivity index (χ1n) is 7.43. The number of rotatable bonds is 6. The molecule has 1 aromatic carbocycles. The summed E-state index contributed by atoms with van der Waals surface area (Å²) in [5.74, 6) is 0.161. The number of pyridine rings is 1. The first-order chi connectivity index (χ1) is 11.6. The van der Waals surface area contributed by atoms with E-state index < -0.39 is 0 Å². The van der Waals surface area contributed by atoms with Gasteiger partial charge in [0, 0.05) is 18.3 Å². The highest BCUT2D eigenvalue weighted by Gasteiger charge is 2.14. The van der Waals surface area contributed by atoms with Crippen molar-refractivity contribution in [3.8, 4) is 6.07 Å². The van der Waals surface area contributed by atoms with Gasteiger partial charge in [-0.25, -0.2) is 4.98 Å². The van der Waals surface area contributed by atoms with E-state index in [1.165, 1.54) is 17.8 Å². The highest BCUT2D eigenvalue weighted by molar-refractivity contribution is 7.98. The Morgan fingerprint density at radius 1 is 1.42 bits per heavy atom. The second-order valence-electron chi connectivity index (χ2n) is 4.99. The molecule has 0 fully saturated rings. The van der Waals surface area contributed by atoms with Crippen LogP contribution >= 0.6 is 11.8 Å². The van der Waals surface area contributed by atoms with Gasteiger partial charge in [-0.2, -0.15) is 5.26 Å². The van der Waals surface area contributed by atoms with Gasteiger partial charge in [0.15, 0.2) is 0 Å². The van der Waals surface area contributed by atoms with Crippen molar-refractivity contribution in [2.45, 2.75) is 11.9 Å². The van der Waals surface area contributed by atoms with Gasteiger partial charge >= 0.3 is 0 Å². The Hall–Kier alpha value is -2.72. The number of anilines is 3. The summed E-state index contributed by atoms with van der Waals surface area (Å²) < 4.78 is 0. The van der Waals surface area contributed by atoms with Crippen LogP contribution in [0.3, 0.4) is 0 Å². The third-order valence-electron chi connectivity index (χ3n) is 3.43. The van der Waals surface area contributed by atoms with Crippen LogP contribution in [0, 0.1) is 11.3 Å². The molecule has 2 rings (SSSR count). The molecule has 0 bridgehead atoms. The van der Waals surface area contributed by atoms with Crippen molar-refractivity contribution in [2.75, 3.05) is 35.3 Å². The Morgan fingerprint density at radius 3 is 2.71 bits per heavy atom. The van der Waals surface area contributed by atoms with Crippen LogP contribution in [0.2, 0.25) is 0 Å². The van der Waals surface area contributed by atoms with Crippen LogP contribution < -0.4 is 16.0 Å². The number of amides is 1. The van der Waals surface area contributed by atoms with E-state index in [1.54, 1.807) is 0 Å². The topological polar surface area (TPSA) is 95.0 Å². The molecule has 0 aliphatic carbocycles. The van der Waals surface area contributed by atoms with Crippen LogP contribution in [0.1, 0.15) is 12.5 Å². The molecular formula is C17H19N5OS. The zero-order valence-corrected chi connectivity index (χ0v) is 14.4. The van der Waals surface area contributed by atoms with Crippen molar-refractivity contribution in [2.24, 2.45) is 0 Å². The van der Waals surface area contributed by atoms with E-state index in [1.807, 2.05) is 54.5 Å². The summed E-state index contributed by atoms with van der Waals surface area (Å²) in [4.78, 5) is 18.5. The fraction of sp³-hybridized carbons (Fsp3) is 0.235. The molecule has 0 atom stereocenters. The predicted molar refractivity (Wildman–Crippen MR) is 98.1 cm³/mol. The number of nitriles is 1. The lowest BCUT2D eigenvalue weighted by molar-refractivity contribution is -0.115. The number of nitrogen functional groups attached to an aromatic ring is 1. The highest BCUT2D eigenvalue weighted by atomic mass is 32.2. The van der Waals surface area contributed by atoms with Gasteiger partial charge in [-0.3, -0.25) is 4.79 Å². The molecule has 0 aliphatic heterocycles. The number of carbonyl (C=O) groups is 1. The van der Waals surface area contributed by atoms with Gasteiger partial charge in [0.25, 0.3) is 0 Å². The van der Waals surface area contributed by atoms with Crippen LogP contribution in [0.4, 0.5) is 17.2 Å². The normalized spacial score (nSPS) is 10.0. The number of aromatic nitrogens is 1. The Bertz CT molecular complexity index is 758. The van der Waals surface area contributed by atoms with E-state index in [9.17, 15) is 4.79 Å². The summed E-state index contributed by atoms with van der Waals surface area (Å²) in [5.41, 5.74) is 7.49. The van der Waals surface area contributed by atoms with Crippen LogP contribution in [-0.4, -0.2) is 30.2 Å². The Labute approximate surface area is 145 Å². The van der Waals surface area contributed by atoms with Crippen LogP contribution in [0.25, 0.3) is 0 Å². The quantitative estimate of drug-likeness (QED) is 0.785. The van der Waals surface area contributed by atoms with Gasteiger partial charge in [0.05, 0.1) is 12.2 Å². The number of hydrogen-bond donors (Lipinski definition) is 2. The molecule has 7 heteroatoms. The number of likely N-dealkylation sites (N-methyl/N-ethyl adjacent to an activating group) is 1. The average Bonchev–Trinajstić information content (AvgIpc) is 2.59. The molecule has 0 saturated carbocycles. The lowest BCUT2D eigenvalue weighted by atomic mass is 10.2. The van der Waals surface area contributed by atoms with Crippen molar-refractivity contribution in [3.63, 3.8) is 0 Å². The van der Waals surface area contributed by atoms with Gasteiger partial charge in [0.1, 0.15) is 22.5 Å². The number of nitrogens with one attached hydrogen (secondary N) is 1. The number of benzene rings is 1. The Morgan fingerprint density at radius 2 is 2.12 bits per heavy atom. The molecule has 2 aromatic rings. The molecule has 0 aliphatic rings. The van der Waals surface area contributed by atoms with Gasteiger partial charge < -0.3 is 16.0 Å². The largest absolute Gasteiger partial charge is 0.397 e. The Balaban J connectivity index is 2.12. The molecule has 1 aromatic heterocycles. The number of nitrogens with zero attached hydrogens (tertiary/aromatic N) is 3. The van der Waals surface area contributed by atoms with E-state index in [2.05, 4.69) is 10.3 Å². The predicted octanol–water partition coefficient (Wildman–Crippen LogP) is 2.72. The average molecular weight is 341 g/mol. The van der Waals surface area contributed by atoms with Gasteiger partial charge in [-0.05, 0) is 25.3 Å². The molecule has 1 amide bonds. The minimum absolute atomic E-state index is 0.190. The molecule has 6 nitrogen and oxygen atoms in total. The summed E-state index contributed by atoms with van der Waals surface area (Å²) in [7, 11) is 0. The standard InChI is InChI=1S/C17H19N5OS/c1-3-22(12-7-5-4-6-8-12)11-16(23)20-15-9-14(19)13(10-18)17(21-15)24-2/h4-9H,3,11H2,1-2H3,(H3,19,20,21,23). The summed E-state index contributed by atoms with van der Waals surface area (Å²) in [6.45, 7) is 2.90. The molecule has 124 valence electrons. The van der Waals surface area contributed by atoms with Crippen molar-refractivity contribution >= 4 is 34.9 Å². The molecule has 3 N–H and O–H groups in total. The van der Waals surface area contributed by atoms with Crippen molar-refractivity contribution in [1.82, 2.24) is 4.98 Å². The zero-order chi connectivity index (χ0) is 17.5. The fourth-order valence-corrected chi connectivity index (χ4v) is 2.80. The van der Waals surface area contributed by atoms with E-state index in [4.69, 9.17) is 11.0 Å². The van der Waals surface area contributed by atoms with Gasteiger partial charge in [0.2, 0.25) is 5.91 Å². The minimum Gasteiger partial charge on any atom is -0.397 e. The SMILES string of the molecule is CCN(CC(=O)Nc1cc(N)c(C#N)c(SC)n1)c1ccccc1. The second kappa shape index (κ2) is 8.22. The van der Waals surface area contributed by atoms with Crippen molar-refractivity contribution in [3.05, 3.63) is 42.0 Å². The van der Waals surface area contributed by atoms with Crippen LogP contribution in [-0.2, 0) is 4.79 Å². The number of para-hydroxylation sites is 1. The van der Waals surface area contributed by atoms with E-state index in [0.29, 0.717) is 28.6 Å². The highest BCUT2D eigenvalue weighted by Crippen LogP contribution is 2.25. The summed E-state index contributed by atoms with van der Waals surface area (Å²) in [6, 6.07) is 13.3. The van der Waals surface area contributed by atoms with E-state index >= 15 is 0 Å². The third-order valence-corrected chi connectivity index (χ3v) is 4.11. The van der Waals surface area contributed by atoms with E-state index in [0.717, 1.165) is 5.69 Å². The van der Waals surface area contributed by atoms with Crippen molar-refractivity contribution < 1.29 is 4.79 Å². The first-order valence-corrected chi connectivity index (χ1v) is 8.66. The molecule has 0 spiro atoms. The monoisotopic (exact) mass is 341 g/mol. The molecular weight excluding hydrogens is 322 g/mol. The van der Waals surface area contributed by atoms with Gasteiger partial charge in [-0.1, -0.05) is 18.2 Å². The minimum atomic E-state index is -0.190. The fourth-order valence-electron chi connectivity index (χ4n) is 2.24. The lowest BCUT2D eigenvalue weighted by Crippen LogP contribution is -2.33. The third kappa shape index (κ3) is 4.18. The number of thioether (sulfide) groups is 1. The summed E-state index contributed by atoms with van der Waals surface area (Å²) in [6.07, 6.45) is 1.81. The number of carbonyl (C=O) groups excluding carboxylic acids is 1. The van der Waals surface area contributed by atoms with Crippen molar-refractivity contribution in [1.29, 1.82) is 5.26 Å². The molecule has 1 heterocycles. The molecule has 0 saturated heterocycles. The maximum absolute atomic E-state index is 12.3. The molecule has 24 heavy (non-hydrogen) atoms. The summed E-state index contributed by atoms with van der Waals surface area (Å²) >= 11 is 1.32. The molecule has 0 unspecified atom stereocenters. The summed E-state index contributed by atoms with van der Waals surface area (Å²) in [5, 5.41) is 12.4. The smallest absolute Gasteiger partial charge is 0.245 e. The Kier molecular flexibility index (Phi) is 6.04. The maximum Gasteiger partial charge on any atom is 0.245 e. The maximum atomic E-state index is 12.3. The first kappa shape index (κ1) is 17.6. The van der Waals surface area contributed by atoms with Crippen LogP contribution in [0.15, 0.2) is 41.4 Å². The molecule has 0 radical (unpaired) electrons. The zero-order valence-electron chi connectivity index (χ0n) is 13.6. The number of nitrogens with two attached hydrogens (primary N) is 1.